The predicted molar refractivity (Wildman–Crippen MR) is 116 cm³/mol. The summed E-state index contributed by atoms with van der Waals surface area (Å²) < 4.78 is 1.55. The molecular formula is C21H26ClN3O2S. The fourth-order valence-corrected chi connectivity index (χ4v) is 4.72. The molecule has 2 aromatic rings. The average Bonchev–Trinajstić information content (AvgIpc) is 2.66. The van der Waals surface area contributed by atoms with Gasteiger partial charge >= 0.3 is 0 Å². The Hall–Kier alpha value is -1.79. The number of thioether (sulfide) groups is 1. The van der Waals surface area contributed by atoms with Gasteiger partial charge in [-0.05, 0) is 36.5 Å². The molecule has 1 aliphatic carbocycles. The summed E-state index contributed by atoms with van der Waals surface area (Å²) in [5, 5.41) is 4.69. The van der Waals surface area contributed by atoms with Gasteiger partial charge in [0.05, 0.1) is 16.7 Å². The molecule has 3 atom stereocenters. The highest BCUT2D eigenvalue weighted by Gasteiger charge is 2.28. The van der Waals surface area contributed by atoms with Crippen LogP contribution in [0.15, 0.2) is 40.8 Å². The van der Waals surface area contributed by atoms with Crippen LogP contribution >= 0.6 is 23.4 Å². The molecule has 1 saturated carbocycles. The van der Waals surface area contributed by atoms with Crippen molar-refractivity contribution < 1.29 is 4.79 Å². The first kappa shape index (κ1) is 20.9. The van der Waals surface area contributed by atoms with Crippen LogP contribution in [0.25, 0.3) is 10.9 Å². The minimum atomic E-state index is -0.154. The molecule has 1 fully saturated rings. The third-order valence-corrected chi connectivity index (χ3v) is 6.79. The van der Waals surface area contributed by atoms with Crippen molar-refractivity contribution >= 4 is 40.2 Å². The lowest BCUT2D eigenvalue weighted by molar-refractivity contribution is -0.120. The fraction of sp³-hybridized carbons (Fsp3) is 0.476. The molecule has 1 aliphatic rings. The molecule has 7 heteroatoms. The van der Waals surface area contributed by atoms with Gasteiger partial charge in [0.2, 0.25) is 5.91 Å². The molecule has 150 valence electrons. The summed E-state index contributed by atoms with van der Waals surface area (Å²) in [5.74, 6) is 1.29. The molecule has 0 radical (unpaired) electrons. The van der Waals surface area contributed by atoms with Gasteiger partial charge in [0.25, 0.3) is 5.56 Å². The maximum Gasteiger partial charge on any atom is 0.262 e. The van der Waals surface area contributed by atoms with E-state index in [0.29, 0.717) is 39.5 Å². The zero-order chi connectivity index (χ0) is 20.3. The second-order valence-corrected chi connectivity index (χ2v) is 8.87. The van der Waals surface area contributed by atoms with Crippen LogP contribution in [0.5, 0.6) is 0 Å². The van der Waals surface area contributed by atoms with Crippen molar-refractivity contribution in [1.29, 1.82) is 0 Å². The van der Waals surface area contributed by atoms with Crippen LogP contribution in [0.1, 0.15) is 33.1 Å². The number of allylic oxidation sites excluding steroid dienone is 1. The van der Waals surface area contributed by atoms with Crippen LogP contribution in [-0.2, 0) is 11.3 Å². The van der Waals surface area contributed by atoms with Crippen molar-refractivity contribution in [3.63, 3.8) is 0 Å². The van der Waals surface area contributed by atoms with Crippen molar-refractivity contribution in [2.45, 2.75) is 50.9 Å². The van der Waals surface area contributed by atoms with E-state index in [-0.39, 0.29) is 23.3 Å². The number of carbonyl (C=O) groups is 1. The van der Waals surface area contributed by atoms with Crippen LogP contribution < -0.4 is 10.9 Å². The van der Waals surface area contributed by atoms with Crippen molar-refractivity contribution in [3.8, 4) is 0 Å². The van der Waals surface area contributed by atoms with Gasteiger partial charge in [-0.2, -0.15) is 0 Å². The summed E-state index contributed by atoms with van der Waals surface area (Å²) in [6.45, 7) is 8.51. The number of nitrogens with zero attached hydrogens (tertiary/aromatic N) is 2. The number of fused-ring (bicyclic) bond motifs is 1. The van der Waals surface area contributed by atoms with E-state index in [9.17, 15) is 9.59 Å². The van der Waals surface area contributed by atoms with E-state index in [4.69, 9.17) is 11.6 Å². The van der Waals surface area contributed by atoms with Gasteiger partial charge in [-0.3, -0.25) is 14.2 Å². The summed E-state index contributed by atoms with van der Waals surface area (Å²) in [6.07, 6.45) is 5.05. The molecule has 28 heavy (non-hydrogen) atoms. The molecule has 3 rings (SSSR count). The summed E-state index contributed by atoms with van der Waals surface area (Å²) >= 11 is 7.32. The maximum atomic E-state index is 12.8. The Bertz CT molecular complexity index is 943. The minimum Gasteiger partial charge on any atom is -0.352 e. The van der Waals surface area contributed by atoms with Crippen LogP contribution in [-0.4, -0.2) is 27.3 Å². The standard InChI is InChI=1S/C21H26ClN3O2S/c1-4-10-25-20(27)16-9-8-15(22)11-18(16)24-21(25)28-12-19(26)23-17-7-5-6-13(2)14(17)3/h4,8-9,11,13-14,17H,1,5-7,10,12H2,2-3H3,(H,23,26)/t13-,14+,17+/m0/s1. The fourth-order valence-electron chi connectivity index (χ4n) is 3.74. The zero-order valence-corrected chi connectivity index (χ0v) is 17.9. The molecule has 5 nitrogen and oxygen atoms in total. The van der Waals surface area contributed by atoms with E-state index in [0.717, 1.165) is 12.8 Å². The zero-order valence-electron chi connectivity index (χ0n) is 16.3. The normalized spacial score (nSPS) is 22.2. The van der Waals surface area contributed by atoms with E-state index in [1.807, 2.05) is 0 Å². The lowest BCUT2D eigenvalue weighted by Gasteiger charge is -2.34. The summed E-state index contributed by atoms with van der Waals surface area (Å²) in [5.41, 5.74) is 0.384. The predicted octanol–water partition coefficient (Wildman–Crippen LogP) is 4.27. The maximum absolute atomic E-state index is 12.8. The minimum absolute atomic E-state index is 0.0263. The van der Waals surface area contributed by atoms with Gasteiger partial charge < -0.3 is 5.32 Å². The van der Waals surface area contributed by atoms with Crippen molar-refractivity contribution in [1.82, 2.24) is 14.9 Å². The summed E-state index contributed by atoms with van der Waals surface area (Å²) in [4.78, 5) is 29.9. The number of hydrogen-bond donors (Lipinski definition) is 1. The smallest absolute Gasteiger partial charge is 0.262 e. The molecule has 1 aromatic heterocycles. The van der Waals surface area contributed by atoms with Crippen LogP contribution in [0.4, 0.5) is 0 Å². The largest absolute Gasteiger partial charge is 0.352 e. The van der Waals surface area contributed by atoms with Gasteiger partial charge in [-0.1, -0.05) is 56.1 Å². The van der Waals surface area contributed by atoms with Crippen LogP contribution in [0.3, 0.4) is 0 Å². The molecular weight excluding hydrogens is 394 g/mol. The number of hydrogen-bond acceptors (Lipinski definition) is 4. The Morgan fingerprint density at radius 1 is 1.43 bits per heavy atom. The van der Waals surface area contributed by atoms with E-state index in [1.54, 1.807) is 28.8 Å². The second kappa shape index (κ2) is 9.14. The monoisotopic (exact) mass is 419 g/mol. The Labute approximate surface area is 174 Å². The first-order valence-electron chi connectivity index (χ1n) is 9.64. The number of benzene rings is 1. The lowest BCUT2D eigenvalue weighted by atomic mass is 9.78. The van der Waals surface area contributed by atoms with E-state index < -0.39 is 0 Å². The quantitative estimate of drug-likeness (QED) is 0.431. The number of carbonyl (C=O) groups excluding carboxylic acids is 1. The molecule has 0 spiro atoms. The molecule has 1 aromatic carbocycles. The third-order valence-electron chi connectivity index (χ3n) is 5.58. The number of rotatable bonds is 6. The Morgan fingerprint density at radius 3 is 2.96 bits per heavy atom. The molecule has 1 N–H and O–H groups in total. The van der Waals surface area contributed by atoms with Gasteiger partial charge in [0.15, 0.2) is 5.16 Å². The molecule has 1 amide bonds. The lowest BCUT2D eigenvalue weighted by Crippen LogP contribution is -2.44. The molecule has 0 saturated heterocycles. The Kier molecular flexibility index (Phi) is 6.83. The van der Waals surface area contributed by atoms with Gasteiger partial charge in [0.1, 0.15) is 0 Å². The highest BCUT2D eigenvalue weighted by molar-refractivity contribution is 7.99. The Morgan fingerprint density at radius 2 is 2.21 bits per heavy atom. The highest BCUT2D eigenvalue weighted by atomic mass is 35.5. The first-order valence-corrected chi connectivity index (χ1v) is 11.0. The van der Waals surface area contributed by atoms with Gasteiger partial charge in [-0.15, -0.1) is 6.58 Å². The second-order valence-electron chi connectivity index (χ2n) is 7.49. The van der Waals surface area contributed by atoms with Crippen molar-refractivity contribution in [3.05, 3.63) is 46.2 Å². The number of nitrogens with one attached hydrogen (secondary N) is 1. The molecule has 0 aliphatic heterocycles. The van der Waals surface area contributed by atoms with E-state index in [1.165, 1.54) is 18.2 Å². The van der Waals surface area contributed by atoms with E-state index in [2.05, 4.69) is 30.7 Å². The molecule has 0 bridgehead atoms. The van der Waals surface area contributed by atoms with Crippen LogP contribution in [0, 0.1) is 11.8 Å². The average molecular weight is 420 g/mol. The third kappa shape index (κ3) is 4.61. The van der Waals surface area contributed by atoms with Crippen molar-refractivity contribution in [2.24, 2.45) is 11.8 Å². The number of amides is 1. The van der Waals surface area contributed by atoms with Crippen molar-refractivity contribution in [2.75, 3.05) is 5.75 Å². The number of halogens is 1. The Balaban J connectivity index is 1.77. The van der Waals surface area contributed by atoms with Crippen LogP contribution in [0.2, 0.25) is 5.02 Å². The molecule has 1 heterocycles. The summed E-state index contributed by atoms with van der Waals surface area (Å²) in [6, 6.07) is 5.25. The van der Waals surface area contributed by atoms with Gasteiger partial charge in [-0.25, -0.2) is 4.98 Å². The number of aromatic nitrogens is 2. The first-order chi connectivity index (χ1) is 13.4. The van der Waals surface area contributed by atoms with E-state index >= 15 is 0 Å². The van der Waals surface area contributed by atoms with Gasteiger partial charge in [0, 0.05) is 17.6 Å². The topological polar surface area (TPSA) is 64.0 Å². The SMILES string of the molecule is C=CCn1c(SCC(=O)N[C@@H]2CCC[C@H](C)[C@H]2C)nc2cc(Cl)ccc2c1=O. The molecule has 0 unspecified atom stereocenters. The summed E-state index contributed by atoms with van der Waals surface area (Å²) in [7, 11) is 0. The highest BCUT2D eigenvalue weighted by Crippen LogP contribution is 2.29.